The highest BCUT2D eigenvalue weighted by molar-refractivity contribution is 7.90. The van der Waals surface area contributed by atoms with Crippen LogP contribution in [0.4, 0.5) is 11.4 Å². The zero-order valence-electron chi connectivity index (χ0n) is 17.3. The maximum absolute atomic E-state index is 12.2. The van der Waals surface area contributed by atoms with Crippen LogP contribution in [0.15, 0.2) is 70.0 Å². The highest BCUT2D eigenvalue weighted by atomic mass is 32.2. The number of aromatic nitrogens is 1. The molecule has 0 amide bonds. The number of guanidine groups is 1. The predicted octanol–water partition coefficient (Wildman–Crippen LogP) is 1.75. The number of ether oxygens (including phenoxy) is 1. The minimum Gasteiger partial charge on any atom is -0.612 e. The second-order valence-corrected chi connectivity index (χ2v) is 8.64. The molecule has 0 atom stereocenters. The fraction of sp³-hybridized carbons (Fsp3) is 0.0476. The van der Waals surface area contributed by atoms with Crippen molar-refractivity contribution in [2.75, 3.05) is 12.4 Å². The molecule has 33 heavy (non-hydrogen) atoms. The van der Waals surface area contributed by atoms with Crippen molar-refractivity contribution >= 4 is 38.3 Å². The summed E-state index contributed by atoms with van der Waals surface area (Å²) in [4.78, 5) is 2.67. The molecule has 0 bridgehead atoms. The molecule has 0 spiro atoms. The zero-order valence-corrected chi connectivity index (χ0v) is 18.1. The molecule has 1 aliphatic heterocycles. The minimum absolute atomic E-state index is 0.0492. The third-order valence-corrected chi connectivity index (χ3v) is 6.21. The van der Waals surface area contributed by atoms with E-state index in [1.807, 2.05) is 12.1 Å². The Morgan fingerprint density at radius 2 is 1.79 bits per heavy atom. The molecular formula is C21H19N6O5S-. The summed E-state index contributed by atoms with van der Waals surface area (Å²) in [5, 5.41) is 26.5. The van der Waals surface area contributed by atoms with Crippen molar-refractivity contribution in [2.24, 2.45) is 15.9 Å². The van der Waals surface area contributed by atoms with E-state index in [1.54, 1.807) is 31.4 Å². The number of sulfonamides is 1. The van der Waals surface area contributed by atoms with Gasteiger partial charge in [0.05, 0.1) is 23.4 Å². The first kappa shape index (κ1) is 21.8. The zero-order chi connectivity index (χ0) is 23.8. The largest absolute Gasteiger partial charge is 0.612 e. The van der Waals surface area contributed by atoms with Crippen LogP contribution in [0.2, 0.25) is 0 Å². The number of nitrogens with one attached hydrogen (secondary N) is 2. The maximum Gasteiger partial charge on any atom is 0.285 e. The van der Waals surface area contributed by atoms with E-state index in [-0.39, 0.29) is 10.3 Å². The normalized spacial score (nSPS) is 11.3. The lowest BCUT2D eigenvalue weighted by atomic mass is 10.0. The summed E-state index contributed by atoms with van der Waals surface area (Å²) >= 11 is 0. The van der Waals surface area contributed by atoms with Gasteiger partial charge in [-0.15, -0.1) is 4.40 Å². The van der Waals surface area contributed by atoms with Crippen LogP contribution >= 0.6 is 0 Å². The van der Waals surface area contributed by atoms with Crippen LogP contribution in [-0.4, -0.2) is 26.5 Å². The molecule has 2 aliphatic rings. The van der Waals surface area contributed by atoms with Crippen molar-refractivity contribution in [2.45, 2.75) is 4.90 Å². The molecule has 0 aromatic heterocycles. The SMILES string of the molecule is COc1ccc2[nH]c3cc(=[N+]([O-])[O-])ccc-3c(Nc3ccc(S(=O)(=O)N=C(N)N)cc3)c2c1. The van der Waals surface area contributed by atoms with E-state index in [0.29, 0.717) is 28.4 Å². The average molecular weight is 467 g/mol. The van der Waals surface area contributed by atoms with E-state index in [1.165, 1.54) is 24.3 Å². The van der Waals surface area contributed by atoms with E-state index >= 15 is 0 Å². The number of methoxy groups -OCH3 is 1. The summed E-state index contributed by atoms with van der Waals surface area (Å²) in [5.41, 5.74) is 13.6. The van der Waals surface area contributed by atoms with Gasteiger partial charge in [0.15, 0.2) is 0 Å². The van der Waals surface area contributed by atoms with Crippen LogP contribution in [-0.2, 0) is 10.0 Å². The van der Waals surface area contributed by atoms with E-state index in [0.717, 1.165) is 10.9 Å². The van der Waals surface area contributed by atoms with Crippen LogP contribution in [0.25, 0.3) is 22.2 Å². The Hall–Kier alpha value is -4.45. The van der Waals surface area contributed by atoms with Gasteiger partial charge in [-0.3, -0.25) is 0 Å². The summed E-state index contributed by atoms with van der Waals surface area (Å²) in [6, 6.07) is 15.8. The molecule has 0 fully saturated rings. The van der Waals surface area contributed by atoms with Crippen LogP contribution in [0.5, 0.6) is 5.75 Å². The Balaban J connectivity index is 1.86. The number of aromatic amines is 1. The van der Waals surface area contributed by atoms with Gasteiger partial charge in [0.1, 0.15) is 5.75 Å². The molecule has 6 N–H and O–H groups in total. The van der Waals surface area contributed by atoms with Crippen molar-refractivity contribution in [1.82, 2.24) is 9.89 Å². The first-order valence-corrected chi connectivity index (χ1v) is 11.0. The topological polar surface area (TPSA) is 185 Å². The maximum atomic E-state index is 12.2. The number of pyridine rings is 1. The first-order valence-electron chi connectivity index (χ1n) is 9.52. The van der Waals surface area contributed by atoms with Gasteiger partial charge < -0.3 is 36.9 Å². The van der Waals surface area contributed by atoms with E-state index in [2.05, 4.69) is 14.7 Å². The third-order valence-electron chi connectivity index (χ3n) is 4.90. The van der Waals surface area contributed by atoms with E-state index in [4.69, 9.17) is 16.2 Å². The summed E-state index contributed by atoms with van der Waals surface area (Å²) in [6.07, 6.45) is 0. The lowest BCUT2D eigenvalue weighted by Gasteiger charge is -2.18. The smallest absolute Gasteiger partial charge is 0.285 e. The average Bonchev–Trinajstić information content (AvgIpc) is 2.77. The van der Waals surface area contributed by atoms with Gasteiger partial charge in [-0.25, -0.2) is 0 Å². The Morgan fingerprint density at radius 3 is 2.42 bits per heavy atom. The Labute approximate surface area is 188 Å². The number of nitrogens with zero attached hydrogens (tertiary/aromatic N) is 2. The molecule has 12 heteroatoms. The molecule has 2 aromatic carbocycles. The number of benzene rings is 3. The van der Waals surface area contributed by atoms with Gasteiger partial charge in [-0.2, -0.15) is 13.3 Å². The summed E-state index contributed by atoms with van der Waals surface area (Å²) < 4.78 is 33.0. The number of nitrogens with two attached hydrogens (primary N) is 2. The number of rotatable bonds is 5. The van der Waals surface area contributed by atoms with Crippen LogP contribution in [0.1, 0.15) is 0 Å². The number of hydrogen-bond donors (Lipinski definition) is 4. The molecule has 2 aromatic rings. The fourth-order valence-electron chi connectivity index (χ4n) is 3.40. The molecule has 0 radical (unpaired) electrons. The Morgan fingerprint density at radius 1 is 1.06 bits per heavy atom. The van der Waals surface area contributed by atoms with Crippen molar-refractivity contribution in [3.8, 4) is 17.0 Å². The molecule has 170 valence electrons. The predicted molar refractivity (Wildman–Crippen MR) is 126 cm³/mol. The minimum atomic E-state index is -4.02. The molecule has 0 unspecified atom stereocenters. The number of hydrogen-bond acceptors (Lipinski definition) is 6. The van der Waals surface area contributed by atoms with Gasteiger partial charge in [-0.05, 0) is 48.5 Å². The standard InChI is InChI=1S/C21H19N6O5S/c1-32-14-5-9-18-17(11-14)20(16-8-4-13(27(28)29)10-19(16)25-18)24-12-2-6-15(7-3-12)33(30,31)26-21(22)23/h2-11,24-25H,1H3,(H4-,22,23,26,28,29)/q-1. The molecule has 1 aliphatic carbocycles. The highest BCUT2D eigenvalue weighted by Gasteiger charge is 2.17. The monoisotopic (exact) mass is 467 g/mol. The number of fused-ring (bicyclic) bond motifs is 2. The van der Waals surface area contributed by atoms with Gasteiger partial charge >= 0.3 is 0 Å². The van der Waals surface area contributed by atoms with E-state index < -0.39 is 20.9 Å². The van der Waals surface area contributed by atoms with Gasteiger partial charge in [0.2, 0.25) is 11.3 Å². The lowest BCUT2D eigenvalue weighted by molar-refractivity contribution is 0.415. The van der Waals surface area contributed by atoms with Gasteiger partial charge in [0, 0.05) is 34.3 Å². The summed E-state index contributed by atoms with van der Waals surface area (Å²) in [6.45, 7) is 0. The lowest BCUT2D eigenvalue weighted by Crippen LogP contribution is -2.24. The van der Waals surface area contributed by atoms with Crippen molar-refractivity contribution in [1.29, 1.82) is 0 Å². The van der Waals surface area contributed by atoms with Crippen molar-refractivity contribution < 1.29 is 13.2 Å². The quantitative estimate of drug-likeness (QED) is 0.148. The Kier molecular flexibility index (Phi) is 5.44. The molecule has 1 heterocycles. The summed E-state index contributed by atoms with van der Waals surface area (Å²) in [5.74, 6) is 0.0672. The summed E-state index contributed by atoms with van der Waals surface area (Å²) in [7, 11) is -2.46. The van der Waals surface area contributed by atoms with E-state index in [9.17, 15) is 18.8 Å². The van der Waals surface area contributed by atoms with Crippen LogP contribution < -0.4 is 31.8 Å². The first-order chi connectivity index (χ1) is 15.7. The van der Waals surface area contributed by atoms with Crippen LogP contribution in [0.3, 0.4) is 0 Å². The Bertz CT molecular complexity index is 1520. The molecule has 0 saturated heterocycles. The second kappa shape index (κ2) is 8.24. The highest BCUT2D eigenvalue weighted by Crippen LogP contribution is 2.38. The molecule has 4 rings (SSSR count). The fourth-order valence-corrected chi connectivity index (χ4v) is 4.27. The number of anilines is 2. The van der Waals surface area contributed by atoms with Gasteiger partial charge in [-0.1, -0.05) is 0 Å². The third kappa shape index (κ3) is 4.32. The van der Waals surface area contributed by atoms with Crippen LogP contribution in [0, 0.1) is 10.4 Å². The van der Waals surface area contributed by atoms with Crippen molar-refractivity contribution in [3.63, 3.8) is 0 Å². The number of H-pyrrole nitrogens is 1. The molecular weight excluding hydrogens is 448 g/mol. The molecule has 0 saturated carbocycles. The second-order valence-electron chi connectivity index (χ2n) is 7.04. The van der Waals surface area contributed by atoms with Crippen molar-refractivity contribution in [3.05, 3.63) is 76.4 Å². The van der Waals surface area contributed by atoms with Gasteiger partial charge in [0.25, 0.3) is 10.0 Å². The molecule has 11 nitrogen and oxygen atoms in total.